The maximum Gasteiger partial charge on any atom is 0.416 e. The van der Waals surface area contributed by atoms with Crippen LogP contribution in [0.15, 0.2) is 24.3 Å². The first-order chi connectivity index (χ1) is 10.9. The molecule has 1 N–H and O–H groups in total. The number of aliphatic hydroxyl groups is 1. The first-order valence-electron chi connectivity index (χ1n) is 7.61. The first-order valence-corrected chi connectivity index (χ1v) is 7.61. The van der Waals surface area contributed by atoms with E-state index in [1.165, 1.54) is 12.1 Å². The van der Waals surface area contributed by atoms with Crippen LogP contribution >= 0.6 is 0 Å². The van der Waals surface area contributed by atoms with Crippen molar-refractivity contribution in [2.75, 3.05) is 39.3 Å². The Hall–Kier alpha value is -1.55. The van der Waals surface area contributed by atoms with E-state index in [2.05, 4.69) is 15.7 Å². The number of rotatable bonds is 5. The van der Waals surface area contributed by atoms with Crippen molar-refractivity contribution in [3.63, 3.8) is 0 Å². The van der Waals surface area contributed by atoms with Gasteiger partial charge < -0.3 is 5.11 Å². The van der Waals surface area contributed by atoms with E-state index in [0.29, 0.717) is 25.1 Å². The zero-order valence-corrected chi connectivity index (χ0v) is 12.9. The highest BCUT2D eigenvalue weighted by atomic mass is 19.4. The number of nitrogens with zero attached hydrogens (tertiary/aromatic N) is 2. The fourth-order valence-electron chi connectivity index (χ4n) is 2.72. The Morgan fingerprint density at radius 1 is 1.09 bits per heavy atom. The quantitative estimate of drug-likeness (QED) is 0.837. The molecule has 0 bridgehead atoms. The number of benzene rings is 1. The summed E-state index contributed by atoms with van der Waals surface area (Å²) in [7, 11) is 0. The standard InChI is InChI=1S/C17H21F3N2O/c1-2-7-21-8-10-22(11-9-21)13-16(23)12-14-3-5-15(6-4-14)17(18,19)20/h1,3-6,16,23H,7-13H2. The number of aliphatic hydroxyl groups excluding tert-OH is 1. The van der Waals surface area contributed by atoms with Crippen LogP contribution in [0.1, 0.15) is 11.1 Å². The second-order valence-electron chi connectivity index (χ2n) is 5.83. The molecule has 1 atom stereocenters. The van der Waals surface area contributed by atoms with E-state index in [-0.39, 0.29) is 0 Å². The van der Waals surface area contributed by atoms with Gasteiger partial charge in [-0.3, -0.25) is 9.80 Å². The molecule has 1 unspecified atom stereocenters. The fourth-order valence-corrected chi connectivity index (χ4v) is 2.72. The Morgan fingerprint density at radius 3 is 2.17 bits per heavy atom. The second kappa shape index (κ2) is 7.82. The van der Waals surface area contributed by atoms with Gasteiger partial charge in [0.15, 0.2) is 0 Å². The van der Waals surface area contributed by atoms with E-state index in [4.69, 9.17) is 6.42 Å². The number of hydrogen-bond donors (Lipinski definition) is 1. The average Bonchev–Trinajstić information content (AvgIpc) is 2.49. The molecule has 126 valence electrons. The van der Waals surface area contributed by atoms with Crippen LogP contribution in [-0.4, -0.2) is 60.3 Å². The summed E-state index contributed by atoms with van der Waals surface area (Å²) < 4.78 is 37.5. The Morgan fingerprint density at radius 2 is 1.65 bits per heavy atom. The summed E-state index contributed by atoms with van der Waals surface area (Å²) in [4.78, 5) is 4.33. The van der Waals surface area contributed by atoms with Crippen molar-refractivity contribution in [1.82, 2.24) is 9.80 Å². The third-order valence-corrected chi connectivity index (χ3v) is 4.00. The van der Waals surface area contributed by atoms with E-state index in [1.807, 2.05) is 0 Å². The summed E-state index contributed by atoms with van der Waals surface area (Å²) >= 11 is 0. The molecule has 0 aliphatic carbocycles. The van der Waals surface area contributed by atoms with Gasteiger partial charge in [0.25, 0.3) is 0 Å². The van der Waals surface area contributed by atoms with Gasteiger partial charge in [-0.2, -0.15) is 13.2 Å². The number of terminal acetylenes is 1. The van der Waals surface area contributed by atoms with E-state index in [1.54, 1.807) is 0 Å². The SMILES string of the molecule is C#CCN1CCN(CC(O)Cc2ccc(C(F)(F)F)cc2)CC1. The molecule has 1 heterocycles. The lowest BCUT2D eigenvalue weighted by Crippen LogP contribution is -2.48. The third kappa shape index (κ3) is 5.54. The van der Waals surface area contributed by atoms with Crippen molar-refractivity contribution in [2.45, 2.75) is 18.7 Å². The molecule has 23 heavy (non-hydrogen) atoms. The summed E-state index contributed by atoms with van der Waals surface area (Å²) in [6, 6.07) is 4.97. The zero-order valence-electron chi connectivity index (χ0n) is 12.9. The summed E-state index contributed by atoms with van der Waals surface area (Å²) in [5.41, 5.74) is 0.0387. The molecular weight excluding hydrogens is 305 g/mol. The van der Waals surface area contributed by atoms with E-state index in [0.717, 1.165) is 38.3 Å². The molecule has 1 saturated heterocycles. The lowest BCUT2D eigenvalue weighted by molar-refractivity contribution is -0.137. The van der Waals surface area contributed by atoms with Crippen LogP contribution in [0.5, 0.6) is 0 Å². The second-order valence-corrected chi connectivity index (χ2v) is 5.83. The van der Waals surface area contributed by atoms with Crippen LogP contribution in [0.4, 0.5) is 13.2 Å². The molecule has 1 aromatic carbocycles. The van der Waals surface area contributed by atoms with Gasteiger partial charge in [0.05, 0.1) is 18.2 Å². The van der Waals surface area contributed by atoms with Gasteiger partial charge >= 0.3 is 6.18 Å². The van der Waals surface area contributed by atoms with Crippen LogP contribution in [0.3, 0.4) is 0 Å². The van der Waals surface area contributed by atoms with E-state index in [9.17, 15) is 18.3 Å². The highest BCUT2D eigenvalue weighted by molar-refractivity contribution is 5.25. The molecule has 0 saturated carbocycles. The molecular formula is C17H21F3N2O. The Labute approximate surface area is 134 Å². The smallest absolute Gasteiger partial charge is 0.391 e. The van der Waals surface area contributed by atoms with E-state index < -0.39 is 17.8 Å². The van der Waals surface area contributed by atoms with Crippen molar-refractivity contribution in [3.8, 4) is 12.3 Å². The van der Waals surface area contributed by atoms with Crippen molar-refractivity contribution in [1.29, 1.82) is 0 Å². The van der Waals surface area contributed by atoms with Crippen LogP contribution in [0, 0.1) is 12.3 Å². The predicted octanol–water partition coefficient (Wildman–Crippen LogP) is 1.86. The summed E-state index contributed by atoms with van der Waals surface area (Å²) in [6.45, 7) is 4.58. The molecule has 0 spiro atoms. The Balaban J connectivity index is 1.79. The first kappa shape index (κ1) is 17.8. The molecule has 0 aromatic heterocycles. The van der Waals surface area contributed by atoms with Crippen molar-refractivity contribution in [2.24, 2.45) is 0 Å². The van der Waals surface area contributed by atoms with Gasteiger partial charge in [0, 0.05) is 32.7 Å². The van der Waals surface area contributed by atoms with Crippen LogP contribution < -0.4 is 0 Å². The minimum Gasteiger partial charge on any atom is -0.391 e. The maximum absolute atomic E-state index is 12.5. The minimum absolute atomic E-state index is 0.350. The lowest BCUT2D eigenvalue weighted by Gasteiger charge is -2.34. The largest absolute Gasteiger partial charge is 0.416 e. The topological polar surface area (TPSA) is 26.7 Å². The lowest BCUT2D eigenvalue weighted by atomic mass is 10.0. The zero-order chi connectivity index (χ0) is 16.9. The number of hydrogen-bond acceptors (Lipinski definition) is 3. The number of alkyl halides is 3. The Kier molecular flexibility index (Phi) is 6.05. The number of halogens is 3. The molecule has 3 nitrogen and oxygen atoms in total. The predicted molar refractivity (Wildman–Crippen MR) is 82.9 cm³/mol. The molecule has 1 fully saturated rings. The molecule has 0 amide bonds. The summed E-state index contributed by atoms with van der Waals surface area (Å²) in [5, 5.41) is 10.1. The molecule has 1 aromatic rings. The monoisotopic (exact) mass is 326 g/mol. The average molecular weight is 326 g/mol. The van der Waals surface area contributed by atoms with Gasteiger partial charge in [-0.25, -0.2) is 0 Å². The summed E-state index contributed by atoms with van der Waals surface area (Å²) in [6.07, 6.45) is 0.716. The third-order valence-electron chi connectivity index (χ3n) is 4.00. The van der Waals surface area contributed by atoms with Crippen molar-refractivity contribution >= 4 is 0 Å². The highest BCUT2D eigenvalue weighted by Gasteiger charge is 2.30. The molecule has 1 aliphatic heterocycles. The molecule has 1 aliphatic rings. The summed E-state index contributed by atoms with van der Waals surface area (Å²) in [5.74, 6) is 2.62. The van der Waals surface area contributed by atoms with Gasteiger partial charge in [-0.15, -0.1) is 6.42 Å². The molecule has 2 rings (SSSR count). The maximum atomic E-state index is 12.5. The normalized spacial score (nSPS) is 18.6. The minimum atomic E-state index is -4.32. The van der Waals surface area contributed by atoms with Crippen LogP contribution in [0.2, 0.25) is 0 Å². The Bertz CT molecular complexity index is 528. The number of β-amino-alcohol motifs (C(OH)–C–C–N with tert-alkyl or cyclic N) is 1. The number of piperazine rings is 1. The van der Waals surface area contributed by atoms with E-state index >= 15 is 0 Å². The van der Waals surface area contributed by atoms with Crippen LogP contribution in [-0.2, 0) is 12.6 Å². The molecule has 0 radical (unpaired) electrons. The highest BCUT2D eigenvalue weighted by Crippen LogP contribution is 2.29. The molecule has 6 heteroatoms. The van der Waals surface area contributed by atoms with Crippen LogP contribution in [0.25, 0.3) is 0 Å². The van der Waals surface area contributed by atoms with Crippen molar-refractivity contribution < 1.29 is 18.3 Å². The fraction of sp³-hybridized carbons (Fsp3) is 0.529. The van der Waals surface area contributed by atoms with Gasteiger partial charge in [0.2, 0.25) is 0 Å². The van der Waals surface area contributed by atoms with Gasteiger partial charge in [0.1, 0.15) is 0 Å². The van der Waals surface area contributed by atoms with Gasteiger partial charge in [-0.1, -0.05) is 18.1 Å². The van der Waals surface area contributed by atoms with Crippen molar-refractivity contribution in [3.05, 3.63) is 35.4 Å². The van der Waals surface area contributed by atoms with Gasteiger partial charge in [-0.05, 0) is 24.1 Å².